The first-order valence-electron chi connectivity index (χ1n) is 7.38. The number of piperidine rings is 1. The number of anilines is 1. The second-order valence-corrected chi connectivity index (χ2v) is 7.73. The zero-order chi connectivity index (χ0) is 16.1. The molecule has 2 aliphatic heterocycles. The molecule has 0 unspecified atom stereocenters. The molecule has 2 saturated heterocycles. The van der Waals surface area contributed by atoms with Crippen LogP contribution in [0.1, 0.15) is 25.7 Å². The molecule has 4 rings (SSSR count). The number of rotatable bonds is 2. The number of hydrogen-bond acceptors (Lipinski definition) is 5. The minimum Gasteiger partial charge on any atom is -0.465 e. The molecule has 3 atom stereocenters. The van der Waals surface area contributed by atoms with Gasteiger partial charge in [0.05, 0.1) is 0 Å². The highest BCUT2D eigenvalue weighted by atomic mass is 127. The Morgan fingerprint density at radius 3 is 2.70 bits per heavy atom. The number of aromatic nitrogens is 4. The van der Waals surface area contributed by atoms with Crippen LogP contribution in [0, 0.1) is 3.70 Å². The molecule has 2 aromatic heterocycles. The van der Waals surface area contributed by atoms with E-state index in [1.165, 1.54) is 0 Å². The van der Waals surface area contributed by atoms with Gasteiger partial charge in [0.1, 0.15) is 10.1 Å². The summed E-state index contributed by atoms with van der Waals surface area (Å²) in [4.78, 5) is 22.5. The molecular formula is C13H14BrIN6O2. The van der Waals surface area contributed by atoms with Crippen LogP contribution in [0.3, 0.4) is 0 Å². The summed E-state index contributed by atoms with van der Waals surface area (Å²) in [7, 11) is 0. The SMILES string of the molecule is O=C(O)N[C@@H]1C[C@H]2CC[C@@H](C1)N2c1nc2[nH]nc(I)c2nc1Br. The maximum Gasteiger partial charge on any atom is 0.404 e. The van der Waals surface area contributed by atoms with Gasteiger partial charge in [0.25, 0.3) is 0 Å². The maximum atomic E-state index is 10.9. The molecule has 3 N–H and O–H groups in total. The fourth-order valence-corrected chi connectivity index (χ4v) is 4.73. The zero-order valence-electron chi connectivity index (χ0n) is 12.0. The van der Waals surface area contributed by atoms with Crippen molar-refractivity contribution in [1.82, 2.24) is 25.5 Å². The molecule has 2 aromatic rings. The summed E-state index contributed by atoms with van der Waals surface area (Å²) < 4.78 is 1.51. The van der Waals surface area contributed by atoms with Crippen molar-refractivity contribution in [1.29, 1.82) is 0 Å². The van der Waals surface area contributed by atoms with Crippen molar-refractivity contribution < 1.29 is 9.90 Å². The lowest BCUT2D eigenvalue weighted by Gasteiger charge is -2.39. The second-order valence-electron chi connectivity index (χ2n) is 5.96. The zero-order valence-corrected chi connectivity index (χ0v) is 15.7. The Labute approximate surface area is 153 Å². The highest BCUT2D eigenvalue weighted by Gasteiger charge is 2.42. The summed E-state index contributed by atoms with van der Waals surface area (Å²) in [5.41, 5.74) is 1.44. The summed E-state index contributed by atoms with van der Waals surface area (Å²) in [5, 5.41) is 18.6. The Morgan fingerprint density at radius 1 is 1.35 bits per heavy atom. The van der Waals surface area contributed by atoms with Gasteiger partial charge in [-0.15, -0.1) is 0 Å². The van der Waals surface area contributed by atoms with Crippen LogP contribution < -0.4 is 10.2 Å². The van der Waals surface area contributed by atoms with Crippen molar-refractivity contribution in [3.63, 3.8) is 0 Å². The van der Waals surface area contributed by atoms with Gasteiger partial charge >= 0.3 is 6.09 Å². The molecule has 2 aliphatic rings. The van der Waals surface area contributed by atoms with Crippen LogP contribution in [-0.2, 0) is 0 Å². The van der Waals surface area contributed by atoms with Gasteiger partial charge in [-0.1, -0.05) is 0 Å². The van der Waals surface area contributed by atoms with Crippen LogP contribution in [0.2, 0.25) is 0 Å². The summed E-state index contributed by atoms with van der Waals surface area (Å²) in [6, 6.07) is 0.594. The first kappa shape index (κ1) is 15.4. The lowest BCUT2D eigenvalue weighted by Crippen LogP contribution is -2.50. The largest absolute Gasteiger partial charge is 0.465 e. The molecule has 1 amide bonds. The third-order valence-electron chi connectivity index (χ3n) is 4.60. The van der Waals surface area contributed by atoms with Crippen molar-refractivity contribution in [3.05, 3.63) is 8.30 Å². The van der Waals surface area contributed by atoms with Gasteiger partial charge in [0.2, 0.25) is 0 Å². The fraction of sp³-hybridized carbons (Fsp3) is 0.538. The molecule has 0 aliphatic carbocycles. The lowest BCUT2D eigenvalue weighted by atomic mass is 9.97. The average Bonchev–Trinajstić information content (AvgIpc) is 2.96. The number of nitrogens with one attached hydrogen (secondary N) is 2. The lowest BCUT2D eigenvalue weighted by molar-refractivity contribution is 0.185. The number of H-pyrrole nitrogens is 1. The van der Waals surface area contributed by atoms with Crippen molar-refractivity contribution in [2.45, 2.75) is 43.8 Å². The van der Waals surface area contributed by atoms with Crippen molar-refractivity contribution in [2.24, 2.45) is 0 Å². The van der Waals surface area contributed by atoms with Crippen LogP contribution in [0.25, 0.3) is 11.2 Å². The molecule has 0 aromatic carbocycles. The molecule has 0 spiro atoms. The molecule has 2 bridgehead atoms. The Morgan fingerprint density at radius 2 is 2.04 bits per heavy atom. The standard InChI is InChI=1S/C13H14BrIN6O2/c14-9-12(18-11-8(17-9)10(15)19-20-11)21-6-1-2-7(21)4-5(3-6)16-13(22)23/h5-7,16H,1-4H2,(H,22,23)(H,18,19,20)/t5-,6-,7+. The van der Waals surface area contributed by atoms with E-state index in [9.17, 15) is 4.79 Å². The average molecular weight is 493 g/mol. The number of hydrogen-bond donors (Lipinski definition) is 3. The molecule has 0 radical (unpaired) electrons. The van der Waals surface area contributed by atoms with Crippen LogP contribution in [0.4, 0.5) is 10.6 Å². The number of nitrogens with zero attached hydrogens (tertiary/aromatic N) is 4. The first-order chi connectivity index (χ1) is 11.0. The predicted octanol–water partition coefficient (Wildman–Crippen LogP) is 2.49. The quantitative estimate of drug-likeness (QED) is 0.556. The topological polar surface area (TPSA) is 107 Å². The second kappa shape index (κ2) is 5.72. The molecule has 23 heavy (non-hydrogen) atoms. The number of aromatic amines is 1. The highest BCUT2D eigenvalue weighted by molar-refractivity contribution is 14.1. The molecule has 8 nitrogen and oxygen atoms in total. The summed E-state index contributed by atoms with van der Waals surface area (Å²) in [6.07, 6.45) is 2.76. The Balaban J connectivity index is 1.66. The number of amides is 1. The maximum absolute atomic E-state index is 10.9. The Bertz CT molecular complexity index is 769. The van der Waals surface area contributed by atoms with E-state index >= 15 is 0 Å². The molecular weight excluding hydrogens is 479 g/mol. The number of carboxylic acid groups (broad SMARTS) is 1. The van der Waals surface area contributed by atoms with E-state index in [-0.39, 0.29) is 18.1 Å². The van der Waals surface area contributed by atoms with E-state index in [0.29, 0.717) is 10.3 Å². The van der Waals surface area contributed by atoms with E-state index in [0.717, 1.165) is 40.7 Å². The number of halogens is 2. The summed E-state index contributed by atoms with van der Waals surface area (Å²) >= 11 is 5.67. The normalized spacial score (nSPS) is 26.7. The molecule has 10 heteroatoms. The third-order valence-corrected chi connectivity index (χ3v) is 5.88. The van der Waals surface area contributed by atoms with Crippen molar-refractivity contribution >= 4 is 61.6 Å². The summed E-state index contributed by atoms with van der Waals surface area (Å²) in [6.45, 7) is 0. The smallest absolute Gasteiger partial charge is 0.404 e. The van der Waals surface area contributed by atoms with E-state index in [2.05, 4.69) is 63.9 Å². The van der Waals surface area contributed by atoms with Gasteiger partial charge in [-0.3, -0.25) is 5.10 Å². The van der Waals surface area contributed by atoms with Gasteiger partial charge in [0.15, 0.2) is 15.2 Å². The number of carbonyl (C=O) groups is 1. The van der Waals surface area contributed by atoms with Crippen LogP contribution in [-0.4, -0.2) is 49.5 Å². The Hall–Kier alpha value is -1.17. The van der Waals surface area contributed by atoms with Gasteiger partial charge in [-0.05, 0) is 64.2 Å². The highest BCUT2D eigenvalue weighted by Crippen LogP contribution is 2.41. The van der Waals surface area contributed by atoms with Gasteiger partial charge in [0, 0.05) is 18.1 Å². The van der Waals surface area contributed by atoms with Crippen LogP contribution in [0.5, 0.6) is 0 Å². The predicted molar refractivity (Wildman–Crippen MR) is 95.6 cm³/mol. The molecule has 4 heterocycles. The van der Waals surface area contributed by atoms with E-state index in [1.807, 2.05) is 0 Å². The van der Waals surface area contributed by atoms with Gasteiger partial charge in [-0.25, -0.2) is 14.8 Å². The van der Waals surface area contributed by atoms with E-state index in [4.69, 9.17) is 10.1 Å². The molecule has 122 valence electrons. The monoisotopic (exact) mass is 492 g/mol. The minimum atomic E-state index is -0.947. The van der Waals surface area contributed by atoms with Crippen molar-refractivity contribution in [2.75, 3.05) is 4.90 Å². The molecule has 2 fully saturated rings. The Kier molecular flexibility index (Phi) is 3.82. The van der Waals surface area contributed by atoms with Crippen LogP contribution in [0.15, 0.2) is 4.60 Å². The van der Waals surface area contributed by atoms with Crippen molar-refractivity contribution in [3.8, 4) is 0 Å². The van der Waals surface area contributed by atoms with Gasteiger partial charge in [-0.2, -0.15) is 5.10 Å². The fourth-order valence-electron chi connectivity index (χ4n) is 3.76. The molecule has 0 saturated carbocycles. The third kappa shape index (κ3) is 2.65. The first-order valence-corrected chi connectivity index (χ1v) is 9.25. The van der Waals surface area contributed by atoms with Gasteiger partial charge < -0.3 is 15.3 Å². The van der Waals surface area contributed by atoms with E-state index < -0.39 is 6.09 Å². The van der Waals surface area contributed by atoms with E-state index in [1.54, 1.807) is 0 Å². The van der Waals surface area contributed by atoms with Crippen LogP contribution >= 0.6 is 38.5 Å². The summed E-state index contributed by atoms with van der Waals surface area (Å²) in [5.74, 6) is 0.818. The number of fused-ring (bicyclic) bond motifs is 3. The minimum absolute atomic E-state index is 0.0184.